The topological polar surface area (TPSA) is 93.8 Å². The molecule has 2 aliphatic heterocycles. The standard InChI is InChI=1S/C42H51N5O4/c1-25(2)49-40(48)37(51-41(5,6)7)34-27(4)45-26(3)33(36(34)46-20-17-42(8,9)18-21-46)29-14-15-30-23-47(19-16-28(30)22-29)39-38-35(43-24-44-39)31-12-10-11-13-32(31)50-38/h10-15,22,24-25,37H,16-21,23H2,1-9H3/t37-/m0/s1. The van der Waals surface area contributed by atoms with E-state index < -0.39 is 11.7 Å². The summed E-state index contributed by atoms with van der Waals surface area (Å²) in [6.07, 6.45) is 3.40. The van der Waals surface area contributed by atoms with Crippen LogP contribution in [-0.2, 0) is 27.2 Å². The van der Waals surface area contributed by atoms with E-state index in [0.29, 0.717) is 6.54 Å². The third-order valence-electron chi connectivity index (χ3n) is 10.3. The molecule has 0 aliphatic carbocycles. The van der Waals surface area contributed by atoms with Gasteiger partial charge in [-0.1, -0.05) is 44.2 Å². The Balaban J connectivity index is 1.31. The largest absolute Gasteiger partial charge is 0.461 e. The van der Waals surface area contributed by atoms with Gasteiger partial charge in [0.15, 0.2) is 17.5 Å². The highest BCUT2D eigenvalue weighted by atomic mass is 16.6. The lowest BCUT2D eigenvalue weighted by Gasteiger charge is -2.41. The average molecular weight is 690 g/mol. The molecule has 2 aliphatic rings. The number of ether oxygens (including phenoxy) is 2. The van der Waals surface area contributed by atoms with E-state index in [1.54, 1.807) is 6.33 Å². The van der Waals surface area contributed by atoms with Crippen LogP contribution in [0.25, 0.3) is 33.2 Å². The van der Waals surface area contributed by atoms with E-state index in [2.05, 4.69) is 53.8 Å². The summed E-state index contributed by atoms with van der Waals surface area (Å²) in [7, 11) is 0. The monoisotopic (exact) mass is 689 g/mol. The molecule has 9 heteroatoms. The van der Waals surface area contributed by atoms with Crippen LogP contribution in [0.5, 0.6) is 0 Å². The summed E-state index contributed by atoms with van der Waals surface area (Å²) in [5.41, 5.74) is 10.3. The van der Waals surface area contributed by atoms with E-state index in [9.17, 15) is 4.79 Å². The molecule has 1 atom stereocenters. The number of piperidine rings is 1. The van der Waals surface area contributed by atoms with Crippen LogP contribution in [0, 0.1) is 19.3 Å². The molecule has 1 saturated heterocycles. The molecule has 5 aromatic rings. The van der Waals surface area contributed by atoms with E-state index in [0.717, 1.165) is 101 Å². The van der Waals surface area contributed by atoms with Gasteiger partial charge in [0, 0.05) is 54.1 Å². The smallest absolute Gasteiger partial charge is 0.340 e. The highest BCUT2D eigenvalue weighted by Gasteiger charge is 2.38. The average Bonchev–Trinajstić information content (AvgIpc) is 3.45. The molecule has 2 aromatic carbocycles. The number of furan rings is 1. The molecule has 0 N–H and O–H groups in total. The van der Waals surface area contributed by atoms with E-state index in [4.69, 9.17) is 23.9 Å². The van der Waals surface area contributed by atoms with Crippen molar-refractivity contribution < 1.29 is 18.7 Å². The maximum absolute atomic E-state index is 13.9. The Hall–Kier alpha value is -4.50. The molecule has 0 radical (unpaired) electrons. The molecular weight excluding hydrogens is 638 g/mol. The first-order valence-corrected chi connectivity index (χ1v) is 18.3. The van der Waals surface area contributed by atoms with Crippen molar-refractivity contribution in [3.8, 4) is 11.1 Å². The Morgan fingerprint density at radius 2 is 1.69 bits per heavy atom. The minimum Gasteiger partial charge on any atom is -0.461 e. The third kappa shape index (κ3) is 6.93. The number of pyridine rings is 1. The second-order valence-electron chi connectivity index (χ2n) is 16.3. The van der Waals surface area contributed by atoms with Crippen LogP contribution in [0.3, 0.4) is 0 Å². The molecule has 0 amide bonds. The molecule has 268 valence electrons. The Morgan fingerprint density at radius 1 is 0.941 bits per heavy atom. The SMILES string of the molecule is Cc1nc(C)c([C@H](OC(C)(C)C)C(=O)OC(C)C)c(N2CCC(C)(C)CC2)c1-c1ccc2c(c1)CCN(c1ncnc3c1oc1ccccc13)C2. The van der Waals surface area contributed by atoms with Crippen molar-refractivity contribution in [3.63, 3.8) is 0 Å². The summed E-state index contributed by atoms with van der Waals surface area (Å²) in [6, 6.07) is 14.8. The molecule has 5 heterocycles. The number of anilines is 2. The third-order valence-corrected chi connectivity index (χ3v) is 10.3. The highest BCUT2D eigenvalue weighted by Crippen LogP contribution is 2.46. The van der Waals surface area contributed by atoms with Crippen LogP contribution in [-0.4, -0.2) is 52.3 Å². The molecule has 51 heavy (non-hydrogen) atoms. The highest BCUT2D eigenvalue weighted by molar-refractivity contribution is 6.05. The number of benzene rings is 2. The van der Waals surface area contributed by atoms with Gasteiger partial charge in [0.05, 0.1) is 17.4 Å². The van der Waals surface area contributed by atoms with Crippen LogP contribution >= 0.6 is 0 Å². The van der Waals surface area contributed by atoms with Crippen molar-refractivity contribution >= 4 is 39.5 Å². The summed E-state index contributed by atoms with van der Waals surface area (Å²) in [6.45, 7) is 21.8. The number of carbonyl (C=O) groups is 1. The second kappa shape index (κ2) is 13.2. The Bertz CT molecular complexity index is 2100. The van der Waals surface area contributed by atoms with Crippen LogP contribution < -0.4 is 9.80 Å². The number of para-hydroxylation sites is 1. The molecule has 0 unspecified atom stereocenters. The van der Waals surface area contributed by atoms with Gasteiger partial charge < -0.3 is 23.7 Å². The maximum Gasteiger partial charge on any atom is 0.340 e. The van der Waals surface area contributed by atoms with Gasteiger partial charge in [-0.2, -0.15) is 0 Å². The summed E-state index contributed by atoms with van der Waals surface area (Å²) in [4.78, 5) is 33.0. The second-order valence-corrected chi connectivity index (χ2v) is 16.3. The zero-order chi connectivity index (χ0) is 36.2. The van der Waals surface area contributed by atoms with Crippen LogP contribution in [0.1, 0.15) is 95.5 Å². The van der Waals surface area contributed by atoms with Crippen molar-refractivity contribution in [3.05, 3.63) is 76.9 Å². The number of carbonyl (C=O) groups excluding carboxylic acids is 1. The Labute approximate surface area is 301 Å². The van der Waals surface area contributed by atoms with Crippen molar-refractivity contribution in [2.24, 2.45) is 5.41 Å². The van der Waals surface area contributed by atoms with Gasteiger partial charge in [0.25, 0.3) is 0 Å². The molecule has 0 saturated carbocycles. The minimum atomic E-state index is -0.918. The number of rotatable bonds is 7. The van der Waals surface area contributed by atoms with E-state index in [1.807, 2.05) is 65.8 Å². The normalized spacial score (nSPS) is 16.9. The molecular formula is C42H51N5O4. The number of hydrogen-bond acceptors (Lipinski definition) is 9. The van der Waals surface area contributed by atoms with Gasteiger partial charge >= 0.3 is 5.97 Å². The lowest BCUT2D eigenvalue weighted by atomic mass is 9.81. The van der Waals surface area contributed by atoms with Crippen LogP contribution in [0.4, 0.5) is 11.5 Å². The molecule has 0 bridgehead atoms. The summed E-state index contributed by atoms with van der Waals surface area (Å²) < 4.78 is 18.7. The Kier molecular flexibility index (Phi) is 9.07. The summed E-state index contributed by atoms with van der Waals surface area (Å²) in [5, 5.41) is 1.00. The van der Waals surface area contributed by atoms with Crippen LogP contribution in [0.2, 0.25) is 0 Å². The van der Waals surface area contributed by atoms with E-state index >= 15 is 0 Å². The minimum absolute atomic E-state index is 0.251. The van der Waals surface area contributed by atoms with Gasteiger partial charge in [-0.15, -0.1) is 0 Å². The molecule has 7 rings (SSSR count). The molecule has 1 fully saturated rings. The van der Waals surface area contributed by atoms with Crippen molar-refractivity contribution in [2.75, 3.05) is 29.4 Å². The zero-order valence-electron chi connectivity index (χ0n) is 31.6. The van der Waals surface area contributed by atoms with E-state index in [-0.39, 0.29) is 17.5 Å². The molecule has 9 nitrogen and oxygen atoms in total. The van der Waals surface area contributed by atoms with Gasteiger partial charge in [-0.3, -0.25) is 4.98 Å². The van der Waals surface area contributed by atoms with Crippen molar-refractivity contribution in [2.45, 2.75) is 106 Å². The molecule has 0 spiro atoms. The van der Waals surface area contributed by atoms with Crippen molar-refractivity contribution in [1.29, 1.82) is 0 Å². The van der Waals surface area contributed by atoms with Gasteiger partial charge in [0.1, 0.15) is 17.4 Å². The van der Waals surface area contributed by atoms with Crippen LogP contribution in [0.15, 0.2) is 53.2 Å². The summed E-state index contributed by atoms with van der Waals surface area (Å²) >= 11 is 0. The van der Waals surface area contributed by atoms with E-state index in [1.165, 1.54) is 11.1 Å². The fraction of sp³-hybridized carbons (Fsp3) is 0.476. The van der Waals surface area contributed by atoms with Crippen molar-refractivity contribution in [1.82, 2.24) is 15.0 Å². The number of aromatic nitrogens is 3. The zero-order valence-corrected chi connectivity index (χ0v) is 31.6. The fourth-order valence-electron chi connectivity index (χ4n) is 7.67. The number of esters is 1. The van der Waals surface area contributed by atoms with Gasteiger partial charge in [-0.25, -0.2) is 14.8 Å². The number of fused-ring (bicyclic) bond motifs is 4. The van der Waals surface area contributed by atoms with Gasteiger partial charge in [0.2, 0.25) is 0 Å². The Morgan fingerprint density at radius 3 is 2.41 bits per heavy atom. The predicted molar refractivity (Wildman–Crippen MR) is 203 cm³/mol. The predicted octanol–water partition coefficient (Wildman–Crippen LogP) is 9.05. The first-order valence-electron chi connectivity index (χ1n) is 18.3. The fourth-order valence-corrected chi connectivity index (χ4v) is 7.67. The molecule has 3 aromatic heterocycles. The maximum atomic E-state index is 13.9. The number of nitrogens with zero attached hydrogens (tertiary/aromatic N) is 5. The van der Waals surface area contributed by atoms with Gasteiger partial charge in [-0.05, 0) is 102 Å². The summed E-state index contributed by atoms with van der Waals surface area (Å²) in [5.74, 6) is 0.440. The number of hydrogen-bond donors (Lipinski definition) is 0. The quantitative estimate of drug-likeness (QED) is 0.155. The lowest BCUT2D eigenvalue weighted by molar-refractivity contribution is -0.171. The first kappa shape index (κ1) is 34.9. The number of aryl methyl sites for hydroxylation is 2. The first-order chi connectivity index (χ1) is 24.2. The lowest BCUT2D eigenvalue weighted by Crippen LogP contribution is -2.39.